The molecule has 0 amide bonds. The Balaban J connectivity index is 2.50. The van der Waals surface area contributed by atoms with E-state index in [1.165, 1.54) is 24.3 Å². The molecule has 0 aliphatic carbocycles. The highest BCUT2D eigenvalue weighted by molar-refractivity contribution is 7.91. The van der Waals surface area contributed by atoms with E-state index in [1.807, 2.05) is 0 Å². The van der Waals surface area contributed by atoms with Crippen molar-refractivity contribution in [2.24, 2.45) is 0 Å². The number of hydrogen-bond donors (Lipinski definition) is 0. The fraction of sp³-hybridized carbons (Fsp3) is 0. The molecule has 0 bridgehead atoms. The normalized spacial score (nSPS) is 11.4. The molecule has 2 rings (SSSR count). The lowest BCUT2D eigenvalue weighted by Gasteiger charge is -2.04. The summed E-state index contributed by atoms with van der Waals surface area (Å²) in [6.07, 6.45) is 0. The molecule has 17 heavy (non-hydrogen) atoms. The van der Waals surface area contributed by atoms with Gasteiger partial charge in [0.1, 0.15) is 11.6 Å². The molecular weight excluding hydrogens is 246 g/mol. The van der Waals surface area contributed by atoms with E-state index in [0.717, 1.165) is 24.3 Å². The molecule has 0 saturated carbocycles. The Morgan fingerprint density at radius 1 is 0.647 bits per heavy atom. The van der Waals surface area contributed by atoms with Crippen LogP contribution in [0.4, 0.5) is 8.78 Å². The zero-order valence-electron chi connectivity index (χ0n) is 8.60. The quantitative estimate of drug-likeness (QED) is 0.772. The molecule has 0 unspecified atom stereocenters. The average Bonchev–Trinajstić information content (AvgIpc) is 2.30. The Morgan fingerprint density at radius 3 is 1.24 bits per heavy atom. The van der Waals surface area contributed by atoms with Gasteiger partial charge < -0.3 is 0 Å². The summed E-state index contributed by atoms with van der Waals surface area (Å²) >= 11 is 0. The molecule has 0 heterocycles. The first-order valence-corrected chi connectivity index (χ1v) is 6.25. The first-order chi connectivity index (χ1) is 8.00. The fourth-order valence-electron chi connectivity index (χ4n) is 1.36. The molecule has 0 aromatic heterocycles. The van der Waals surface area contributed by atoms with Crippen molar-refractivity contribution in [2.75, 3.05) is 0 Å². The molecule has 2 aromatic rings. The molecule has 0 fully saturated rings. The molecule has 88 valence electrons. The Labute approximate surface area is 97.4 Å². The smallest absolute Gasteiger partial charge is 0.206 e. The van der Waals surface area contributed by atoms with Crippen LogP contribution in [0.3, 0.4) is 0 Å². The monoisotopic (exact) mass is 254 g/mol. The van der Waals surface area contributed by atoms with Crippen LogP contribution >= 0.6 is 0 Å². The van der Waals surface area contributed by atoms with Gasteiger partial charge in [-0.3, -0.25) is 0 Å². The maximum absolute atomic E-state index is 12.7. The highest BCUT2D eigenvalue weighted by Crippen LogP contribution is 2.20. The summed E-state index contributed by atoms with van der Waals surface area (Å²) in [5.41, 5.74) is 0. The summed E-state index contributed by atoms with van der Waals surface area (Å²) in [5.74, 6) is -1.02. The molecular formula is C12H8F2O2S. The number of benzene rings is 2. The van der Waals surface area contributed by atoms with Gasteiger partial charge in [0.2, 0.25) is 9.84 Å². The fourth-order valence-corrected chi connectivity index (χ4v) is 2.62. The minimum absolute atomic E-state index is 0.0227. The second-order valence-corrected chi connectivity index (χ2v) is 5.36. The van der Waals surface area contributed by atoms with Gasteiger partial charge in [0.25, 0.3) is 0 Å². The van der Waals surface area contributed by atoms with Crippen LogP contribution in [0.25, 0.3) is 0 Å². The van der Waals surface area contributed by atoms with Crippen LogP contribution in [0.2, 0.25) is 0 Å². The van der Waals surface area contributed by atoms with Gasteiger partial charge >= 0.3 is 0 Å². The molecule has 2 aromatic carbocycles. The maximum atomic E-state index is 12.7. The van der Waals surface area contributed by atoms with Crippen LogP contribution in [-0.4, -0.2) is 8.42 Å². The first-order valence-electron chi connectivity index (χ1n) is 4.76. The van der Waals surface area contributed by atoms with Crippen molar-refractivity contribution in [3.8, 4) is 0 Å². The van der Waals surface area contributed by atoms with E-state index >= 15 is 0 Å². The minimum atomic E-state index is -3.71. The second-order valence-electron chi connectivity index (χ2n) is 3.41. The van der Waals surface area contributed by atoms with Crippen molar-refractivity contribution in [1.82, 2.24) is 0 Å². The van der Waals surface area contributed by atoms with Gasteiger partial charge in [-0.15, -0.1) is 0 Å². The van der Waals surface area contributed by atoms with Gasteiger partial charge in [0.15, 0.2) is 0 Å². The van der Waals surface area contributed by atoms with Gasteiger partial charge in [-0.1, -0.05) is 0 Å². The number of hydrogen-bond acceptors (Lipinski definition) is 2. The third-order valence-electron chi connectivity index (χ3n) is 2.25. The van der Waals surface area contributed by atoms with E-state index in [1.54, 1.807) is 0 Å². The van der Waals surface area contributed by atoms with Crippen molar-refractivity contribution < 1.29 is 17.2 Å². The zero-order valence-corrected chi connectivity index (χ0v) is 9.42. The van der Waals surface area contributed by atoms with E-state index < -0.39 is 21.5 Å². The summed E-state index contributed by atoms with van der Waals surface area (Å²) in [6.45, 7) is 0. The van der Waals surface area contributed by atoms with Crippen LogP contribution in [0.1, 0.15) is 0 Å². The highest BCUT2D eigenvalue weighted by atomic mass is 32.2. The topological polar surface area (TPSA) is 34.1 Å². The van der Waals surface area contributed by atoms with Crippen LogP contribution in [0, 0.1) is 11.6 Å². The summed E-state index contributed by atoms with van der Waals surface area (Å²) in [5, 5.41) is 0. The number of sulfone groups is 1. The SMILES string of the molecule is O=S(=O)(c1ccc(F)cc1)c1ccc(F)cc1. The molecule has 0 N–H and O–H groups in total. The van der Waals surface area contributed by atoms with E-state index in [2.05, 4.69) is 0 Å². The third kappa shape index (κ3) is 2.34. The molecule has 0 atom stereocenters. The Morgan fingerprint density at radius 2 is 0.941 bits per heavy atom. The van der Waals surface area contributed by atoms with E-state index in [0.29, 0.717) is 0 Å². The lowest BCUT2D eigenvalue weighted by atomic mass is 10.3. The Hall–Kier alpha value is -1.75. The average molecular weight is 254 g/mol. The van der Waals surface area contributed by atoms with Gasteiger partial charge in [-0.2, -0.15) is 0 Å². The van der Waals surface area contributed by atoms with E-state index in [4.69, 9.17) is 0 Å². The van der Waals surface area contributed by atoms with E-state index in [9.17, 15) is 17.2 Å². The minimum Gasteiger partial charge on any atom is -0.219 e. The summed E-state index contributed by atoms with van der Waals surface area (Å²) < 4.78 is 49.4. The second kappa shape index (κ2) is 4.25. The van der Waals surface area contributed by atoms with Crippen molar-refractivity contribution >= 4 is 9.84 Å². The van der Waals surface area contributed by atoms with Crippen LogP contribution in [-0.2, 0) is 9.84 Å². The molecule has 5 heteroatoms. The summed E-state index contributed by atoms with van der Waals surface area (Å²) in [6, 6.07) is 8.96. The molecule has 0 radical (unpaired) electrons. The molecule has 0 aliphatic heterocycles. The lowest BCUT2D eigenvalue weighted by Crippen LogP contribution is -2.01. The standard InChI is InChI=1S/C12H8F2O2S/c13-9-1-5-11(6-2-9)17(15,16)12-7-3-10(14)4-8-12/h1-8H. The Bertz CT molecular complexity index is 565. The number of halogens is 2. The van der Waals surface area contributed by atoms with Crippen LogP contribution < -0.4 is 0 Å². The first kappa shape index (κ1) is 11.7. The van der Waals surface area contributed by atoms with Gasteiger partial charge in [0.05, 0.1) is 9.79 Å². The maximum Gasteiger partial charge on any atom is 0.206 e. The third-order valence-corrected chi connectivity index (χ3v) is 4.03. The van der Waals surface area contributed by atoms with Crippen molar-refractivity contribution in [1.29, 1.82) is 0 Å². The molecule has 0 saturated heterocycles. The van der Waals surface area contributed by atoms with Crippen molar-refractivity contribution in [3.05, 3.63) is 60.2 Å². The van der Waals surface area contributed by atoms with Gasteiger partial charge in [0, 0.05) is 0 Å². The number of rotatable bonds is 2. The largest absolute Gasteiger partial charge is 0.219 e. The predicted molar refractivity (Wildman–Crippen MR) is 58.3 cm³/mol. The van der Waals surface area contributed by atoms with E-state index in [-0.39, 0.29) is 9.79 Å². The zero-order chi connectivity index (χ0) is 12.5. The highest BCUT2D eigenvalue weighted by Gasteiger charge is 2.17. The lowest BCUT2D eigenvalue weighted by molar-refractivity contribution is 0.593. The predicted octanol–water partition coefficient (Wildman–Crippen LogP) is 2.80. The molecule has 0 spiro atoms. The van der Waals surface area contributed by atoms with Crippen molar-refractivity contribution in [2.45, 2.75) is 9.79 Å². The van der Waals surface area contributed by atoms with Gasteiger partial charge in [-0.25, -0.2) is 17.2 Å². The van der Waals surface area contributed by atoms with Crippen molar-refractivity contribution in [3.63, 3.8) is 0 Å². The van der Waals surface area contributed by atoms with Crippen LogP contribution in [0.5, 0.6) is 0 Å². The summed E-state index contributed by atoms with van der Waals surface area (Å²) in [4.78, 5) is -0.0454. The molecule has 0 aliphatic rings. The summed E-state index contributed by atoms with van der Waals surface area (Å²) in [7, 11) is -3.71. The Kier molecular flexibility index (Phi) is 2.93. The van der Waals surface area contributed by atoms with Gasteiger partial charge in [-0.05, 0) is 48.5 Å². The molecule has 2 nitrogen and oxygen atoms in total. The van der Waals surface area contributed by atoms with Crippen LogP contribution in [0.15, 0.2) is 58.3 Å².